The Labute approximate surface area is 177 Å². The van der Waals surface area contributed by atoms with Crippen LogP contribution in [0.5, 0.6) is 0 Å². The van der Waals surface area contributed by atoms with Crippen molar-refractivity contribution in [1.82, 2.24) is 15.2 Å². The Morgan fingerprint density at radius 1 is 1.43 bits per heavy atom. The summed E-state index contributed by atoms with van der Waals surface area (Å²) in [6, 6.07) is -0.953. The summed E-state index contributed by atoms with van der Waals surface area (Å²) in [6.07, 6.45) is 0.594. The number of anilines is 1. The van der Waals surface area contributed by atoms with Gasteiger partial charge >= 0.3 is 12.1 Å². The van der Waals surface area contributed by atoms with Crippen molar-refractivity contribution in [2.24, 2.45) is 0 Å². The summed E-state index contributed by atoms with van der Waals surface area (Å²) >= 11 is 2.38. The van der Waals surface area contributed by atoms with E-state index >= 15 is 0 Å². The molecule has 2 aliphatic rings. The molecule has 1 saturated heterocycles. The van der Waals surface area contributed by atoms with Gasteiger partial charge in [0.15, 0.2) is 5.13 Å². The number of nitrogens with zero attached hydrogens (tertiary/aromatic N) is 2. The van der Waals surface area contributed by atoms with Gasteiger partial charge in [0.2, 0.25) is 5.88 Å². The Balaban J connectivity index is 1.80. The Hall–Kier alpha value is -3.32. The van der Waals surface area contributed by atoms with Crippen LogP contribution in [0.1, 0.15) is 12.1 Å². The number of hydrogen-bond donors (Lipinski definition) is 4. The number of β-lactam (4-membered cyclic amide) rings is 1. The predicted molar refractivity (Wildman–Crippen MR) is 108 cm³/mol. The molecule has 158 valence electrons. The maximum absolute atomic E-state index is 12.8. The standard InChI is InChI=1S/C17H16N4O7S2/c1-2-7-5-29-15-11(13(25)21(15)14(7)28-17(26)27)20-12(24)8(3-4-10(22)23)9-6-30-16(18)19-9/h2-3,6,11,15H,1,4-5H2,(H2,18,19)(H,20,24)(H,22,23)(H,26,27)/t11-,15+/m1/s1. The van der Waals surface area contributed by atoms with E-state index in [1.807, 2.05) is 0 Å². The van der Waals surface area contributed by atoms with Crippen LogP contribution >= 0.6 is 23.1 Å². The van der Waals surface area contributed by atoms with E-state index in [1.165, 1.54) is 29.3 Å². The molecule has 1 fully saturated rings. The number of thioether (sulfide) groups is 1. The zero-order valence-electron chi connectivity index (χ0n) is 15.2. The minimum atomic E-state index is -1.57. The van der Waals surface area contributed by atoms with Crippen molar-refractivity contribution in [1.29, 1.82) is 0 Å². The molecule has 13 heteroatoms. The number of aliphatic carboxylic acids is 1. The highest BCUT2D eigenvalue weighted by Gasteiger charge is 2.54. The second-order valence-corrected chi connectivity index (χ2v) is 8.04. The zero-order valence-corrected chi connectivity index (χ0v) is 16.9. The van der Waals surface area contributed by atoms with Crippen LogP contribution in [-0.4, -0.2) is 61.2 Å². The van der Waals surface area contributed by atoms with E-state index in [0.29, 0.717) is 11.3 Å². The maximum atomic E-state index is 12.8. The molecule has 3 heterocycles. The van der Waals surface area contributed by atoms with Gasteiger partial charge in [0.25, 0.3) is 11.8 Å². The summed E-state index contributed by atoms with van der Waals surface area (Å²) in [4.78, 5) is 52.4. The molecule has 2 aliphatic heterocycles. The Morgan fingerprint density at radius 3 is 2.73 bits per heavy atom. The van der Waals surface area contributed by atoms with Gasteiger partial charge in [-0.2, -0.15) is 0 Å². The number of thiazole rings is 1. The van der Waals surface area contributed by atoms with Gasteiger partial charge in [-0.25, -0.2) is 9.78 Å². The molecule has 0 aromatic carbocycles. The van der Waals surface area contributed by atoms with Gasteiger partial charge in [0.05, 0.1) is 17.7 Å². The predicted octanol–water partition coefficient (Wildman–Crippen LogP) is 1.08. The largest absolute Gasteiger partial charge is 0.512 e. The van der Waals surface area contributed by atoms with Crippen molar-refractivity contribution in [3.63, 3.8) is 0 Å². The minimum absolute atomic E-state index is 0.0262. The van der Waals surface area contributed by atoms with Crippen LogP contribution < -0.4 is 11.1 Å². The van der Waals surface area contributed by atoms with Crippen LogP contribution in [0, 0.1) is 0 Å². The molecule has 0 saturated carbocycles. The molecule has 11 nitrogen and oxygen atoms in total. The first-order valence-electron chi connectivity index (χ1n) is 8.38. The van der Waals surface area contributed by atoms with E-state index < -0.39 is 41.8 Å². The first-order chi connectivity index (χ1) is 14.2. The number of carboxylic acids is 1. The Morgan fingerprint density at radius 2 is 2.17 bits per heavy atom. The molecule has 1 aromatic heterocycles. The third-order valence-corrected chi connectivity index (χ3v) is 6.16. The highest BCUT2D eigenvalue weighted by Crippen LogP contribution is 2.41. The summed E-state index contributed by atoms with van der Waals surface area (Å²) in [5.74, 6) is -2.21. The molecule has 2 atom stereocenters. The van der Waals surface area contributed by atoms with E-state index in [0.717, 1.165) is 16.2 Å². The van der Waals surface area contributed by atoms with Crippen LogP contribution in [0.25, 0.3) is 5.57 Å². The van der Waals surface area contributed by atoms with E-state index in [1.54, 1.807) is 0 Å². The van der Waals surface area contributed by atoms with Gasteiger partial charge in [-0.1, -0.05) is 18.7 Å². The van der Waals surface area contributed by atoms with Crippen molar-refractivity contribution in [3.8, 4) is 0 Å². The number of amides is 2. The maximum Gasteiger partial charge on any atom is 0.512 e. The molecule has 0 unspecified atom stereocenters. The van der Waals surface area contributed by atoms with Gasteiger partial charge in [-0.3, -0.25) is 19.3 Å². The fourth-order valence-electron chi connectivity index (χ4n) is 2.85. The van der Waals surface area contributed by atoms with E-state index in [2.05, 4.69) is 16.9 Å². The van der Waals surface area contributed by atoms with E-state index in [-0.39, 0.29) is 22.3 Å². The van der Waals surface area contributed by atoms with E-state index in [9.17, 15) is 19.2 Å². The summed E-state index contributed by atoms with van der Waals surface area (Å²) in [6.45, 7) is 3.59. The number of carbonyl (C=O) groups excluding carboxylic acids is 2. The van der Waals surface area contributed by atoms with Gasteiger partial charge < -0.3 is 26.0 Å². The number of nitrogen functional groups attached to an aromatic ring is 1. The average molecular weight is 452 g/mol. The lowest BCUT2D eigenvalue weighted by molar-refractivity contribution is -0.148. The Kier molecular flexibility index (Phi) is 6.12. The highest BCUT2D eigenvalue weighted by molar-refractivity contribution is 8.00. The molecule has 2 amide bonds. The third kappa shape index (κ3) is 4.16. The van der Waals surface area contributed by atoms with Gasteiger partial charge in [0.1, 0.15) is 11.4 Å². The van der Waals surface area contributed by atoms with Crippen LogP contribution in [0.15, 0.2) is 35.6 Å². The number of hydrogen-bond acceptors (Lipinski definition) is 9. The Bertz CT molecular complexity index is 1000. The van der Waals surface area contributed by atoms with Crippen LogP contribution in [0.4, 0.5) is 9.93 Å². The quantitative estimate of drug-likeness (QED) is 0.266. The minimum Gasteiger partial charge on any atom is -0.481 e. The van der Waals surface area contributed by atoms with Gasteiger partial charge in [0, 0.05) is 16.7 Å². The summed E-state index contributed by atoms with van der Waals surface area (Å²) < 4.78 is 4.74. The van der Waals surface area contributed by atoms with Crippen LogP contribution in [-0.2, 0) is 19.1 Å². The molecule has 0 radical (unpaired) electrons. The number of nitrogens with one attached hydrogen (secondary N) is 1. The molecule has 1 aromatic rings. The van der Waals surface area contributed by atoms with Crippen molar-refractivity contribution in [2.45, 2.75) is 17.8 Å². The molecular weight excluding hydrogens is 436 g/mol. The second-order valence-electron chi connectivity index (χ2n) is 6.05. The lowest BCUT2D eigenvalue weighted by Crippen LogP contribution is -2.70. The molecule has 30 heavy (non-hydrogen) atoms. The average Bonchev–Trinajstić information content (AvgIpc) is 3.10. The summed E-state index contributed by atoms with van der Waals surface area (Å²) in [7, 11) is 0. The summed E-state index contributed by atoms with van der Waals surface area (Å²) in [5, 5.41) is 21.5. The van der Waals surface area contributed by atoms with Crippen molar-refractivity contribution >= 4 is 57.7 Å². The van der Waals surface area contributed by atoms with E-state index in [4.69, 9.17) is 20.7 Å². The molecule has 0 spiro atoms. The number of nitrogens with two attached hydrogens (primary N) is 1. The van der Waals surface area contributed by atoms with Gasteiger partial charge in [-0.05, 0) is 0 Å². The van der Waals surface area contributed by atoms with Crippen LogP contribution in [0.2, 0.25) is 0 Å². The highest BCUT2D eigenvalue weighted by atomic mass is 32.2. The smallest absolute Gasteiger partial charge is 0.481 e. The molecule has 5 N–H and O–H groups in total. The number of aromatic nitrogens is 1. The van der Waals surface area contributed by atoms with Crippen molar-refractivity contribution < 1.29 is 34.1 Å². The molecule has 0 aliphatic carbocycles. The molecule has 0 bridgehead atoms. The molecule has 3 rings (SSSR count). The summed E-state index contributed by atoms with van der Waals surface area (Å²) in [5.41, 5.74) is 6.20. The number of carboxylic acid groups (broad SMARTS) is 2. The second kappa shape index (κ2) is 8.59. The number of allylic oxidation sites excluding steroid dienone is 1. The van der Waals surface area contributed by atoms with Gasteiger partial charge in [-0.15, -0.1) is 23.1 Å². The molecular formula is C17H16N4O7S2. The lowest BCUT2D eigenvalue weighted by atomic mass is 10.0. The van der Waals surface area contributed by atoms with Crippen molar-refractivity contribution in [3.05, 3.63) is 41.3 Å². The monoisotopic (exact) mass is 452 g/mol. The zero-order chi connectivity index (χ0) is 22.0. The number of carbonyl (C=O) groups is 4. The number of rotatable bonds is 7. The number of ether oxygens (including phenoxy) is 1. The third-order valence-electron chi connectivity index (χ3n) is 4.19. The first-order valence-corrected chi connectivity index (χ1v) is 10.3. The lowest BCUT2D eigenvalue weighted by Gasteiger charge is -2.48. The fraction of sp³-hybridized carbons (Fsp3) is 0.235. The van der Waals surface area contributed by atoms with Crippen molar-refractivity contribution in [2.75, 3.05) is 11.5 Å². The first kappa shape index (κ1) is 21.4. The van der Waals surface area contributed by atoms with Crippen LogP contribution in [0.3, 0.4) is 0 Å². The fourth-order valence-corrected chi connectivity index (χ4v) is 4.73. The number of fused-ring (bicyclic) bond motifs is 1. The SMILES string of the molecule is C=CC1=C(OC(=O)O)N2C(=O)[C@@H](NC(=O)C(=CCC(=O)O)c3csc(N)n3)[C@@H]2SC1. The normalized spacial score (nSPS) is 20.9. The topological polar surface area (TPSA) is 172 Å².